The lowest BCUT2D eigenvalue weighted by molar-refractivity contribution is -0.144. The molecular weight excluding hydrogens is 317 g/mol. The molecule has 0 aromatic heterocycles. The molecule has 1 heterocycles. The number of carbonyl (C=O) groups excluding carboxylic acids is 2. The summed E-state index contributed by atoms with van der Waals surface area (Å²) < 4.78 is 46.6. The number of amides is 2. The third-order valence-corrected chi connectivity index (χ3v) is 3.13. The second-order valence-electron chi connectivity index (χ2n) is 6.78. The molecular formula is C14H23F3N2O4. The van der Waals surface area contributed by atoms with Crippen LogP contribution in [0.15, 0.2) is 0 Å². The van der Waals surface area contributed by atoms with Crippen LogP contribution in [-0.2, 0) is 14.3 Å². The zero-order valence-corrected chi connectivity index (χ0v) is 13.7. The number of hydrogen-bond acceptors (Lipinski definition) is 4. The van der Waals surface area contributed by atoms with Crippen molar-refractivity contribution in [3.05, 3.63) is 0 Å². The maximum absolute atomic E-state index is 12.0. The molecule has 1 fully saturated rings. The summed E-state index contributed by atoms with van der Waals surface area (Å²) in [6.45, 7) is 5.69. The highest BCUT2D eigenvalue weighted by Crippen LogP contribution is 2.26. The maximum Gasteiger partial charge on any atom is 0.410 e. The topological polar surface area (TPSA) is 67.9 Å². The van der Waals surface area contributed by atoms with E-state index in [9.17, 15) is 22.8 Å². The van der Waals surface area contributed by atoms with Crippen LogP contribution in [0.4, 0.5) is 18.0 Å². The van der Waals surface area contributed by atoms with E-state index in [4.69, 9.17) is 9.47 Å². The first-order chi connectivity index (χ1) is 10.3. The summed E-state index contributed by atoms with van der Waals surface area (Å²) in [5.41, 5.74) is -1.40. The Balaban J connectivity index is 2.41. The average Bonchev–Trinajstić information content (AvgIpc) is 2.75. The molecule has 6 nitrogen and oxygen atoms in total. The molecule has 2 amide bonds. The van der Waals surface area contributed by atoms with Gasteiger partial charge in [0.2, 0.25) is 5.91 Å². The minimum absolute atomic E-state index is 0.217. The number of ether oxygens (including phenoxy) is 2. The standard InChI is InChI=1S/C14H23F3N2O4/c1-12(2,3)23-11(21)19-6-5-13(4,9-19)22-7-10(20)18-8-14(15,16)17/h5-9H2,1-4H3,(H,18,20). The van der Waals surface area contributed by atoms with Crippen LogP contribution < -0.4 is 5.32 Å². The lowest BCUT2D eigenvalue weighted by atomic mass is 10.1. The summed E-state index contributed by atoms with van der Waals surface area (Å²) in [6, 6.07) is 0. The Hall–Kier alpha value is -1.51. The van der Waals surface area contributed by atoms with Crippen LogP contribution in [0.25, 0.3) is 0 Å². The van der Waals surface area contributed by atoms with E-state index in [1.54, 1.807) is 33.0 Å². The number of hydrogen-bond donors (Lipinski definition) is 1. The molecule has 0 saturated carbocycles. The molecule has 1 aliphatic rings. The summed E-state index contributed by atoms with van der Waals surface area (Å²) in [4.78, 5) is 24.8. The molecule has 0 aromatic rings. The third-order valence-electron chi connectivity index (χ3n) is 3.13. The molecule has 1 aliphatic heterocycles. The number of carbonyl (C=O) groups is 2. The van der Waals surface area contributed by atoms with Gasteiger partial charge in [0, 0.05) is 6.54 Å². The number of nitrogens with zero attached hydrogens (tertiary/aromatic N) is 1. The Kier molecular flexibility index (Phi) is 5.89. The quantitative estimate of drug-likeness (QED) is 0.851. The number of halogens is 3. The van der Waals surface area contributed by atoms with Crippen molar-refractivity contribution in [2.75, 3.05) is 26.2 Å². The zero-order chi connectivity index (χ0) is 17.9. The van der Waals surface area contributed by atoms with Crippen LogP contribution in [0.1, 0.15) is 34.1 Å². The summed E-state index contributed by atoms with van der Waals surface area (Å²) in [5.74, 6) is -0.848. The van der Waals surface area contributed by atoms with Gasteiger partial charge < -0.3 is 19.7 Å². The molecule has 0 aromatic carbocycles. The van der Waals surface area contributed by atoms with Crippen LogP contribution in [0.3, 0.4) is 0 Å². The van der Waals surface area contributed by atoms with E-state index < -0.39 is 42.5 Å². The van der Waals surface area contributed by atoms with Gasteiger partial charge in [0.1, 0.15) is 18.8 Å². The predicted molar refractivity (Wildman–Crippen MR) is 75.8 cm³/mol. The molecule has 0 spiro atoms. The van der Waals surface area contributed by atoms with E-state index in [0.29, 0.717) is 13.0 Å². The van der Waals surface area contributed by atoms with Crippen molar-refractivity contribution in [2.45, 2.75) is 51.5 Å². The largest absolute Gasteiger partial charge is 0.444 e. The van der Waals surface area contributed by atoms with Gasteiger partial charge in [-0.2, -0.15) is 13.2 Å². The number of rotatable bonds is 4. The SMILES string of the molecule is CC(C)(C)OC(=O)N1CCC(C)(OCC(=O)NCC(F)(F)F)C1. The Labute approximate surface area is 133 Å². The highest BCUT2D eigenvalue weighted by molar-refractivity contribution is 5.77. The summed E-state index contributed by atoms with van der Waals surface area (Å²) in [6.07, 6.45) is -4.47. The normalized spacial score (nSPS) is 22.1. The van der Waals surface area contributed by atoms with Crippen LogP contribution in [0, 0.1) is 0 Å². The Bertz CT molecular complexity index is 448. The van der Waals surface area contributed by atoms with Gasteiger partial charge in [-0.1, -0.05) is 0 Å². The average molecular weight is 340 g/mol. The van der Waals surface area contributed by atoms with E-state index >= 15 is 0 Å². The van der Waals surface area contributed by atoms with Gasteiger partial charge in [-0.15, -0.1) is 0 Å². The van der Waals surface area contributed by atoms with Crippen molar-refractivity contribution < 1.29 is 32.2 Å². The molecule has 1 saturated heterocycles. The molecule has 0 radical (unpaired) electrons. The van der Waals surface area contributed by atoms with Crippen molar-refractivity contribution in [1.29, 1.82) is 0 Å². The highest BCUT2D eigenvalue weighted by atomic mass is 19.4. The fourth-order valence-electron chi connectivity index (χ4n) is 2.02. The molecule has 1 atom stereocenters. The van der Waals surface area contributed by atoms with Crippen LogP contribution in [-0.4, -0.2) is 60.5 Å². The van der Waals surface area contributed by atoms with Gasteiger partial charge in [-0.25, -0.2) is 4.79 Å². The van der Waals surface area contributed by atoms with Crippen molar-refractivity contribution >= 4 is 12.0 Å². The molecule has 1 unspecified atom stereocenters. The monoisotopic (exact) mass is 340 g/mol. The third kappa shape index (κ3) is 7.54. The van der Waals surface area contributed by atoms with Crippen LogP contribution >= 0.6 is 0 Å². The Morgan fingerprint density at radius 1 is 1.26 bits per heavy atom. The highest BCUT2D eigenvalue weighted by Gasteiger charge is 2.39. The van der Waals surface area contributed by atoms with Gasteiger partial charge in [-0.05, 0) is 34.1 Å². The minimum atomic E-state index is -4.46. The minimum Gasteiger partial charge on any atom is -0.444 e. The fourth-order valence-corrected chi connectivity index (χ4v) is 2.02. The van der Waals surface area contributed by atoms with Crippen molar-refractivity contribution in [3.8, 4) is 0 Å². The second kappa shape index (κ2) is 6.94. The Morgan fingerprint density at radius 2 is 1.87 bits per heavy atom. The van der Waals surface area contributed by atoms with Gasteiger partial charge >= 0.3 is 12.3 Å². The number of alkyl halides is 3. The molecule has 0 bridgehead atoms. The van der Waals surface area contributed by atoms with Gasteiger partial charge in [0.05, 0.1) is 12.1 Å². The lowest BCUT2D eigenvalue weighted by Crippen LogP contribution is -2.42. The van der Waals surface area contributed by atoms with E-state index in [2.05, 4.69) is 0 Å². The molecule has 9 heteroatoms. The molecule has 134 valence electrons. The van der Waals surface area contributed by atoms with Gasteiger partial charge in [0.15, 0.2) is 0 Å². The molecule has 1 N–H and O–H groups in total. The number of likely N-dealkylation sites (tertiary alicyclic amines) is 1. The van der Waals surface area contributed by atoms with Crippen molar-refractivity contribution in [2.24, 2.45) is 0 Å². The van der Waals surface area contributed by atoms with Crippen LogP contribution in [0.5, 0.6) is 0 Å². The predicted octanol–water partition coefficient (Wildman–Crippen LogP) is 2.08. The first-order valence-electron chi connectivity index (χ1n) is 7.25. The van der Waals surface area contributed by atoms with Crippen LogP contribution in [0.2, 0.25) is 0 Å². The second-order valence-corrected chi connectivity index (χ2v) is 6.78. The zero-order valence-electron chi connectivity index (χ0n) is 13.7. The first kappa shape index (κ1) is 19.5. The summed E-state index contributed by atoms with van der Waals surface area (Å²) in [7, 11) is 0. The van der Waals surface area contributed by atoms with E-state index in [0.717, 1.165) is 0 Å². The van der Waals surface area contributed by atoms with Gasteiger partial charge in [-0.3, -0.25) is 4.79 Å². The lowest BCUT2D eigenvalue weighted by Gasteiger charge is -2.27. The smallest absolute Gasteiger partial charge is 0.410 e. The van der Waals surface area contributed by atoms with E-state index in [1.165, 1.54) is 4.90 Å². The van der Waals surface area contributed by atoms with Crippen molar-refractivity contribution in [3.63, 3.8) is 0 Å². The molecule has 0 aliphatic carbocycles. The summed E-state index contributed by atoms with van der Waals surface area (Å²) >= 11 is 0. The maximum atomic E-state index is 12.0. The first-order valence-corrected chi connectivity index (χ1v) is 7.25. The van der Waals surface area contributed by atoms with E-state index in [-0.39, 0.29) is 6.54 Å². The van der Waals surface area contributed by atoms with Gasteiger partial charge in [0.25, 0.3) is 0 Å². The van der Waals surface area contributed by atoms with E-state index in [1.807, 2.05) is 0 Å². The fraction of sp³-hybridized carbons (Fsp3) is 0.857. The van der Waals surface area contributed by atoms with Crippen molar-refractivity contribution in [1.82, 2.24) is 10.2 Å². The molecule has 23 heavy (non-hydrogen) atoms. The molecule has 1 rings (SSSR count). The summed E-state index contributed by atoms with van der Waals surface area (Å²) in [5, 5.41) is 1.73. The Morgan fingerprint density at radius 3 is 2.39 bits per heavy atom. The number of nitrogens with one attached hydrogen (secondary N) is 1.